The molecule has 0 saturated carbocycles. The Labute approximate surface area is 149 Å². The van der Waals surface area contributed by atoms with E-state index < -0.39 is 0 Å². The molecule has 2 heterocycles. The molecule has 3 rings (SSSR count). The van der Waals surface area contributed by atoms with Crippen LogP contribution in [0.4, 0.5) is 4.39 Å². The summed E-state index contributed by atoms with van der Waals surface area (Å²) in [6.07, 6.45) is 4.33. The van der Waals surface area contributed by atoms with E-state index >= 15 is 0 Å². The smallest absolute Gasteiger partial charge is 0.255 e. The Bertz CT molecular complexity index is 1010. The maximum Gasteiger partial charge on any atom is 0.255 e. The van der Waals surface area contributed by atoms with Crippen LogP contribution in [0.1, 0.15) is 5.56 Å². The maximum atomic E-state index is 13.2. The average Bonchev–Trinajstić information content (AvgIpc) is 2.67. The Morgan fingerprint density at radius 3 is 2.69 bits per heavy atom. The first-order chi connectivity index (χ1) is 12.6. The lowest BCUT2D eigenvalue weighted by molar-refractivity contribution is -0.116. The fourth-order valence-corrected chi connectivity index (χ4v) is 2.54. The van der Waals surface area contributed by atoms with Gasteiger partial charge in [0.25, 0.3) is 5.56 Å². The van der Waals surface area contributed by atoms with Gasteiger partial charge >= 0.3 is 0 Å². The first-order valence-electron chi connectivity index (χ1n) is 7.91. The van der Waals surface area contributed by atoms with Gasteiger partial charge in [0.05, 0.1) is 5.69 Å². The molecule has 1 amide bonds. The Kier molecular flexibility index (Phi) is 5.03. The van der Waals surface area contributed by atoms with Crippen molar-refractivity contribution in [2.24, 2.45) is 0 Å². The third-order valence-corrected chi connectivity index (χ3v) is 3.87. The van der Waals surface area contributed by atoms with Crippen molar-refractivity contribution in [2.75, 3.05) is 0 Å². The van der Waals surface area contributed by atoms with E-state index in [1.807, 2.05) is 0 Å². The number of amides is 1. The number of nitrogens with one attached hydrogen (secondary N) is 2. The summed E-state index contributed by atoms with van der Waals surface area (Å²) < 4.78 is 13.2. The van der Waals surface area contributed by atoms with E-state index in [4.69, 9.17) is 0 Å². The van der Waals surface area contributed by atoms with E-state index in [1.165, 1.54) is 18.2 Å². The molecule has 1 aromatic carbocycles. The molecule has 5 nitrogen and oxygen atoms in total. The number of carbonyl (C=O) groups is 1. The number of carbonyl (C=O) groups excluding carboxylic acids is 1. The Balaban J connectivity index is 2.09. The van der Waals surface area contributed by atoms with Gasteiger partial charge in [-0.2, -0.15) is 0 Å². The highest BCUT2D eigenvalue weighted by Crippen LogP contribution is 2.26. The standard InChI is InChI=1S/C20H16FN3O2/c1-2-19(25)24-12-14-11-23-18(13-5-7-15(21)8-6-13)10-17(14)16-4-3-9-22-20(16)26/h2-11H,1,12H2,(H,22,26)(H,24,25). The van der Waals surface area contributed by atoms with Gasteiger partial charge in [-0.25, -0.2) is 4.39 Å². The van der Waals surface area contributed by atoms with Crippen LogP contribution < -0.4 is 10.9 Å². The van der Waals surface area contributed by atoms with Crippen LogP contribution in [0.3, 0.4) is 0 Å². The average molecular weight is 349 g/mol. The Hall–Kier alpha value is -3.54. The second kappa shape index (κ2) is 7.57. The molecule has 0 fully saturated rings. The van der Waals surface area contributed by atoms with Crippen molar-refractivity contribution in [3.63, 3.8) is 0 Å². The van der Waals surface area contributed by atoms with Gasteiger partial charge < -0.3 is 10.3 Å². The first-order valence-corrected chi connectivity index (χ1v) is 7.91. The zero-order valence-electron chi connectivity index (χ0n) is 13.8. The highest BCUT2D eigenvalue weighted by atomic mass is 19.1. The van der Waals surface area contributed by atoms with Gasteiger partial charge in [0.2, 0.25) is 5.91 Å². The monoisotopic (exact) mass is 349 g/mol. The van der Waals surface area contributed by atoms with Crippen molar-refractivity contribution in [1.29, 1.82) is 0 Å². The van der Waals surface area contributed by atoms with E-state index in [-0.39, 0.29) is 23.8 Å². The molecule has 3 aromatic rings. The van der Waals surface area contributed by atoms with Crippen molar-refractivity contribution in [3.8, 4) is 22.4 Å². The van der Waals surface area contributed by atoms with Crippen LogP contribution >= 0.6 is 0 Å². The molecule has 26 heavy (non-hydrogen) atoms. The summed E-state index contributed by atoms with van der Waals surface area (Å²) >= 11 is 0. The number of benzene rings is 1. The van der Waals surface area contributed by atoms with E-state index in [0.717, 1.165) is 5.56 Å². The first kappa shape index (κ1) is 17.3. The van der Waals surface area contributed by atoms with Crippen LogP contribution in [-0.2, 0) is 11.3 Å². The third-order valence-electron chi connectivity index (χ3n) is 3.87. The van der Waals surface area contributed by atoms with Crippen molar-refractivity contribution in [3.05, 3.63) is 89.2 Å². The van der Waals surface area contributed by atoms with E-state index in [2.05, 4.69) is 21.9 Å². The lowest BCUT2D eigenvalue weighted by Gasteiger charge is -2.12. The summed E-state index contributed by atoms with van der Waals surface area (Å²) in [6, 6.07) is 11.1. The lowest BCUT2D eigenvalue weighted by atomic mass is 9.99. The molecular formula is C20H16FN3O2. The minimum Gasteiger partial charge on any atom is -0.348 e. The molecule has 130 valence electrons. The SMILES string of the molecule is C=CC(=O)NCc1cnc(-c2ccc(F)cc2)cc1-c1ccc[nH]c1=O. The zero-order valence-corrected chi connectivity index (χ0v) is 13.8. The number of halogens is 1. The molecule has 2 aromatic heterocycles. The molecule has 0 unspecified atom stereocenters. The van der Waals surface area contributed by atoms with E-state index in [1.54, 1.807) is 42.7 Å². The van der Waals surface area contributed by atoms with Gasteiger partial charge in [0, 0.05) is 30.1 Å². The predicted octanol–water partition coefficient (Wildman–Crippen LogP) is 3.05. The fraction of sp³-hybridized carbons (Fsp3) is 0.0500. The summed E-state index contributed by atoms with van der Waals surface area (Å²) in [6.45, 7) is 3.61. The van der Waals surface area contributed by atoms with E-state index in [9.17, 15) is 14.0 Å². The summed E-state index contributed by atoms with van der Waals surface area (Å²) in [5.74, 6) is -0.655. The van der Waals surface area contributed by atoms with Crippen molar-refractivity contribution < 1.29 is 9.18 Å². The van der Waals surface area contributed by atoms with Crippen LogP contribution in [0.2, 0.25) is 0 Å². The molecule has 0 aliphatic heterocycles. The van der Waals surface area contributed by atoms with Crippen LogP contribution in [0.25, 0.3) is 22.4 Å². The predicted molar refractivity (Wildman–Crippen MR) is 97.7 cm³/mol. The van der Waals surface area contributed by atoms with Gasteiger partial charge in [0.15, 0.2) is 0 Å². The second-order valence-corrected chi connectivity index (χ2v) is 5.57. The lowest BCUT2D eigenvalue weighted by Crippen LogP contribution is -2.21. The number of pyridine rings is 2. The van der Waals surface area contributed by atoms with Crippen molar-refractivity contribution in [2.45, 2.75) is 6.54 Å². The number of hydrogen-bond donors (Lipinski definition) is 2. The molecule has 0 atom stereocenters. The minimum absolute atomic E-state index is 0.200. The number of H-pyrrole nitrogens is 1. The van der Waals surface area contributed by atoms with Gasteiger partial charge in [0.1, 0.15) is 5.82 Å². The number of aromatic amines is 1. The second-order valence-electron chi connectivity index (χ2n) is 5.57. The Morgan fingerprint density at radius 2 is 2.00 bits per heavy atom. The summed E-state index contributed by atoms with van der Waals surface area (Å²) in [5.41, 5.74) is 2.86. The van der Waals surface area contributed by atoms with Gasteiger partial charge in [-0.3, -0.25) is 14.6 Å². The fourth-order valence-electron chi connectivity index (χ4n) is 2.54. The van der Waals surface area contributed by atoms with Crippen LogP contribution in [0.15, 0.2) is 72.3 Å². The molecule has 0 bridgehead atoms. The summed E-state index contributed by atoms with van der Waals surface area (Å²) in [7, 11) is 0. The van der Waals surface area contributed by atoms with Gasteiger partial charge in [-0.1, -0.05) is 6.58 Å². The topological polar surface area (TPSA) is 74.8 Å². The minimum atomic E-state index is -0.336. The van der Waals surface area contributed by atoms with Crippen LogP contribution in [-0.4, -0.2) is 15.9 Å². The largest absolute Gasteiger partial charge is 0.348 e. The maximum absolute atomic E-state index is 13.2. The molecule has 0 saturated heterocycles. The highest BCUT2D eigenvalue weighted by molar-refractivity contribution is 5.87. The van der Waals surface area contributed by atoms with Gasteiger partial charge in [-0.15, -0.1) is 0 Å². The number of nitrogens with zero attached hydrogens (tertiary/aromatic N) is 1. The number of rotatable bonds is 5. The highest BCUT2D eigenvalue weighted by Gasteiger charge is 2.12. The Morgan fingerprint density at radius 1 is 1.23 bits per heavy atom. The van der Waals surface area contributed by atoms with Crippen molar-refractivity contribution >= 4 is 5.91 Å². The number of aromatic nitrogens is 2. The molecule has 0 radical (unpaired) electrons. The molecule has 0 aliphatic rings. The van der Waals surface area contributed by atoms with Crippen LogP contribution in [0.5, 0.6) is 0 Å². The summed E-state index contributed by atoms with van der Waals surface area (Å²) in [4.78, 5) is 30.7. The number of hydrogen-bond acceptors (Lipinski definition) is 3. The molecule has 2 N–H and O–H groups in total. The molecule has 0 aliphatic carbocycles. The van der Waals surface area contributed by atoms with Gasteiger partial charge in [-0.05, 0) is 59.7 Å². The third kappa shape index (κ3) is 3.75. The quantitative estimate of drug-likeness (QED) is 0.695. The normalized spacial score (nSPS) is 10.3. The molecular weight excluding hydrogens is 333 g/mol. The summed E-state index contributed by atoms with van der Waals surface area (Å²) in [5, 5.41) is 2.69. The van der Waals surface area contributed by atoms with Crippen LogP contribution in [0, 0.1) is 5.82 Å². The molecule has 6 heteroatoms. The van der Waals surface area contributed by atoms with Crippen molar-refractivity contribution in [1.82, 2.24) is 15.3 Å². The molecule has 0 spiro atoms. The zero-order chi connectivity index (χ0) is 18.5. The van der Waals surface area contributed by atoms with E-state index in [0.29, 0.717) is 22.4 Å².